The molecule has 0 radical (unpaired) electrons. The van der Waals surface area contributed by atoms with Crippen LogP contribution in [0.3, 0.4) is 0 Å². The Hall–Kier alpha value is -9.17. The summed E-state index contributed by atoms with van der Waals surface area (Å²) in [6, 6.07) is 59.6. The lowest BCUT2D eigenvalue weighted by Gasteiger charge is -2.38. The van der Waals surface area contributed by atoms with Crippen LogP contribution < -0.4 is 18.9 Å². The molecule has 0 aromatic heterocycles. The van der Waals surface area contributed by atoms with Crippen LogP contribution in [0.4, 0.5) is 26.3 Å². The Balaban J connectivity index is 0.000000196. The van der Waals surface area contributed by atoms with Gasteiger partial charge in [-0.3, -0.25) is 14.4 Å². The summed E-state index contributed by atoms with van der Waals surface area (Å²) in [4.78, 5) is 38.1. The number of ketones is 3. The maximum atomic E-state index is 14.3. The average molecular weight is 1130 g/mol. The molecule has 0 saturated carbocycles. The van der Waals surface area contributed by atoms with Crippen LogP contribution in [0.2, 0.25) is 10.0 Å². The van der Waals surface area contributed by atoms with Gasteiger partial charge in [-0.05, 0) is 199 Å². The molecule has 0 aliphatic carbocycles. The predicted molar refractivity (Wildman–Crippen MR) is 300 cm³/mol. The van der Waals surface area contributed by atoms with Gasteiger partial charge in [0, 0.05) is 43.4 Å². The largest absolute Gasteiger partial charge is 0.497 e. The summed E-state index contributed by atoms with van der Waals surface area (Å²) < 4.78 is 108. The Labute approximate surface area is 471 Å². The van der Waals surface area contributed by atoms with Crippen molar-refractivity contribution in [2.45, 2.75) is 24.7 Å². The number of ether oxygens (including phenoxy) is 4. The van der Waals surface area contributed by atoms with Gasteiger partial charge < -0.3 is 18.9 Å². The minimum Gasteiger partial charge on any atom is -0.497 e. The molecular formula is C66H44Cl2F6O7. The first-order valence-electron chi connectivity index (χ1n) is 24.8. The van der Waals surface area contributed by atoms with E-state index in [1.54, 1.807) is 97.1 Å². The number of rotatable bonds is 15. The molecule has 0 heterocycles. The molecule has 0 atom stereocenters. The third-order valence-electron chi connectivity index (χ3n) is 13.0. The van der Waals surface area contributed by atoms with Gasteiger partial charge in [-0.25, -0.2) is 0 Å². The van der Waals surface area contributed by atoms with E-state index in [9.17, 15) is 40.7 Å². The van der Waals surface area contributed by atoms with Crippen LogP contribution in [0.5, 0.6) is 40.2 Å². The number of carbonyl (C=O) groups excluding carboxylic acids is 3. The number of aryl methyl sites for hydroxylation is 1. The van der Waals surface area contributed by atoms with Gasteiger partial charge in [-0.1, -0.05) is 89.4 Å². The van der Waals surface area contributed by atoms with Gasteiger partial charge in [0.2, 0.25) is 5.41 Å². The van der Waals surface area contributed by atoms with Crippen LogP contribution in [0.15, 0.2) is 231 Å². The molecule has 10 rings (SSSR count). The number of fused-ring (bicyclic) bond motifs is 1. The van der Waals surface area contributed by atoms with E-state index in [-0.39, 0.29) is 34.6 Å². The minimum absolute atomic E-state index is 0.00325. The van der Waals surface area contributed by atoms with E-state index in [0.717, 1.165) is 64.9 Å². The molecule has 10 aromatic carbocycles. The standard InChI is InChI=1S/C37H25ClO4.C29H19ClF6O3/c1-24-2-4-26(5-3-24)36(39)28-10-16-32(17-11-28)41-34-20-8-25-9-21-35(23-30(25)22-34)42-33-18-12-29(13-19-33)37(40)27-6-14-31(38)15-7-27;1-38-23-14-6-20(7-15-23)27(28(31,32)33,29(34,35)36)21-8-16-25(17-9-21)39-24-12-4-19(5-13-24)26(37)18-2-10-22(30)11-3-18/h2-23H,1H3;2-17H,1H3. The summed E-state index contributed by atoms with van der Waals surface area (Å²) in [7, 11) is 1.25. The molecule has 0 aliphatic heterocycles. The number of hydrogen-bond donors (Lipinski definition) is 0. The van der Waals surface area contributed by atoms with E-state index in [0.29, 0.717) is 66.4 Å². The Bertz CT molecular complexity index is 3680. The highest BCUT2D eigenvalue weighted by Crippen LogP contribution is 2.56. The van der Waals surface area contributed by atoms with Crippen molar-refractivity contribution in [1.29, 1.82) is 0 Å². The number of halogens is 8. The molecule has 0 aliphatic rings. The summed E-state index contributed by atoms with van der Waals surface area (Å²) in [6.07, 6.45) is -11.4. The van der Waals surface area contributed by atoms with Crippen LogP contribution in [0.25, 0.3) is 10.8 Å². The molecule has 0 unspecified atom stereocenters. The molecule has 0 fully saturated rings. The van der Waals surface area contributed by atoms with Crippen molar-refractivity contribution in [3.63, 3.8) is 0 Å². The topological polar surface area (TPSA) is 88.1 Å². The molecular weight excluding hydrogens is 1090 g/mol. The summed E-state index contributed by atoms with van der Waals surface area (Å²) in [5, 5.41) is 3.06. The van der Waals surface area contributed by atoms with E-state index >= 15 is 0 Å². The third-order valence-corrected chi connectivity index (χ3v) is 13.5. The molecule has 0 spiro atoms. The average Bonchev–Trinajstić information content (AvgIpc) is 2.45. The summed E-state index contributed by atoms with van der Waals surface area (Å²) >= 11 is 11.8. The minimum atomic E-state index is -5.71. The van der Waals surface area contributed by atoms with E-state index in [4.69, 9.17) is 42.1 Å². The van der Waals surface area contributed by atoms with Crippen molar-refractivity contribution in [3.05, 3.63) is 291 Å². The zero-order chi connectivity index (χ0) is 57.5. The predicted octanol–water partition coefficient (Wildman–Crippen LogP) is 18.6. The molecule has 0 saturated heterocycles. The zero-order valence-electron chi connectivity index (χ0n) is 42.8. The van der Waals surface area contributed by atoms with Crippen LogP contribution in [-0.2, 0) is 5.41 Å². The molecule has 0 bridgehead atoms. The van der Waals surface area contributed by atoms with Crippen molar-refractivity contribution in [2.24, 2.45) is 0 Å². The number of methoxy groups -OCH3 is 1. The Kier molecular flexibility index (Phi) is 16.8. The lowest BCUT2D eigenvalue weighted by molar-refractivity contribution is -0.288. The first-order chi connectivity index (χ1) is 38.8. The highest BCUT2D eigenvalue weighted by molar-refractivity contribution is 6.31. The highest BCUT2D eigenvalue weighted by atomic mass is 35.5. The lowest BCUT2D eigenvalue weighted by atomic mass is 9.73. The second kappa shape index (κ2) is 24.1. The fourth-order valence-electron chi connectivity index (χ4n) is 8.76. The maximum absolute atomic E-state index is 14.3. The first-order valence-corrected chi connectivity index (χ1v) is 25.5. The summed E-state index contributed by atoms with van der Waals surface area (Å²) in [5.41, 5.74) is -2.03. The van der Waals surface area contributed by atoms with Gasteiger partial charge in [0.1, 0.15) is 40.2 Å². The van der Waals surface area contributed by atoms with Crippen LogP contribution in [0.1, 0.15) is 64.5 Å². The van der Waals surface area contributed by atoms with Crippen LogP contribution in [0, 0.1) is 6.92 Å². The van der Waals surface area contributed by atoms with Crippen LogP contribution in [-0.4, -0.2) is 36.8 Å². The van der Waals surface area contributed by atoms with Gasteiger partial charge >= 0.3 is 12.4 Å². The highest BCUT2D eigenvalue weighted by Gasteiger charge is 2.72. The van der Waals surface area contributed by atoms with Crippen molar-refractivity contribution in [1.82, 2.24) is 0 Å². The summed E-state index contributed by atoms with van der Waals surface area (Å²) in [5.74, 6) is 2.56. The van der Waals surface area contributed by atoms with Crippen molar-refractivity contribution in [2.75, 3.05) is 7.11 Å². The second-order valence-electron chi connectivity index (χ2n) is 18.4. The molecule has 10 aromatic rings. The van der Waals surface area contributed by atoms with Gasteiger partial charge in [-0.2, -0.15) is 26.3 Å². The molecule has 0 N–H and O–H groups in total. The van der Waals surface area contributed by atoms with Gasteiger partial charge in [-0.15, -0.1) is 0 Å². The monoisotopic (exact) mass is 1130 g/mol. The van der Waals surface area contributed by atoms with E-state index in [1.807, 2.05) is 67.6 Å². The number of hydrogen-bond acceptors (Lipinski definition) is 7. The zero-order valence-corrected chi connectivity index (χ0v) is 44.3. The third kappa shape index (κ3) is 13.0. The number of alkyl halides is 6. The number of benzene rings is 10. The van der Waals surface area contributed by atoms with Gasteiger partial charge in [0.25, 0.3) is 0 Å². The van der Waals surface area contributed by atoms with E-state index < -0.39 is 28.9 Å². The SMILES string of the molecule is COc1ccc(C(c2ccc(Oc3ccc(C(=O)c4ccc(Cl)cc4)cc3)cc2)(C(F)(F)F)C(F)(F)F)cc1.Cc1ccc(C(=O)c2ccc(Oc3ccc4ccc(Oc5ccc(C(=O)c6ccc(Cl)cc6)cc5)cc4c3)cc2)cc1. The first kappa shape index (κ1) is 56.5. The van der Waals surface area contributed by atoms with Gasteiger partial charge in [0.05, 0.1) is 7.11 Å². The smallest absolute Gasteiger partial charge is 0.411 e. The van der Waals surface area contributed by atoms with Crippen molar-refractivity contribution >= 4 is 51.3 Å². The fraction of sp³-hybridized carbons (Fsp3) is 0.0758. The Morgan fingerprint density at radius 1 is 0.333 bits per heavy atom. The second-order valence-corrected chi connectivity index (χ2v) is 19.3. The molecule has 15 heteroatoms. The van der Waals surface area contributed by atoms with E-state index in [1.165, 1.54) is 31.4 Å². The quantitative estimate of drug-likeness (QED) is 0.0746. The normalized spacial score (nSPS) is 11.5. The fourth-order valence-corrected chi connectivity index (χ4v) is 9.02. The van der Waals surface area contributed by atoms with Crippen LogP contribution >= 0.6 is 23.2 Å². The Morgan fingerprint density at radius 3 is 0.901 bits per heavy atom. The molecule has 406 valence electrons. The number of carbonyl (C=O) groups is 3. The molecule has 81 heavy (non-hydrogen) atoms. The lowest BCUT2D eigenvalue weighted by Crippen LogP contribution is -2.54. The van der Waals surface area contributed by atoms with Crippen molar-refractivity contribution in [3.8, 4) is 40.2 Å². The Morgan fingerprint density at radius 2 is 0.593 bits per heavy atom. The van der Waals surface area contributed by atoms with Gasteiger partial charge in [0.15, 0.2) is 17.3 Å². The van der Waals surface area contributed by atoms with E-state index in [2.05, 4.69) is 0 Å². The summed E-state index contributed by atoms with van der Waals surface area (Å²) in [6.45, 7) is 1.99. The van der Waals surface area contributed by atoms with Crippen molar-refractivity contribution < 1.29 is 59.7 Å². The molecule has 0 amide bonds. The maximum Gasteiger partial charge on any atom is 0.411 e. The molecule has 7 nitrogen and oxygen atoms in total.